The van der Waals surface area contributed by atoms with Crippen LogP contribution in [0.1, 0.15) is 31.2 Å². The fourth-order valence-electron chi connectivity index (χ4n) is 2.82. The van der Waals surface area contributed by atoms with Crippen molar-refractivity contribution in [2.45, 2.75) is 37.9 Å². The van der Waals surface area contributed by atoms with Crippen molar-refractivity contribution in [2.24, 2.45) is 5.92 Å². The number of methoxy groups -OCH3 is 1. The lowest BCUT2D eigenvalue weighted by Crippen LogP contribution is -2.36. The Bertz CT molecular complexity index is 507. The average molecular weight is 326 g/mol. The maximum atomic E-state index is 6.30. The molecule has 0 saturated heterocycles. The van der Waals surface area contributed by atoms with Gasteiger partial charge in [-0.05, 0) is 49.3 Å². The number of benzene rings is 1. The van der Waals surface area contributed by atoms with Gasteiger partial charge in [0.2, 0.25) is 0 Å². The van der Waals surface area contributed by atoms with Gasteiger partial charge in [-0.15, -0.1) is 13.2 Å². The fourth-order valence-corrected chi connectivity index (χ4v) is 2.82. The topological polar surface area (TPSA) is 18.5 Å². The summed E-state index contributed by atoms with van der Waals surface area (Å²) in [5, 5.41) is 0. The van der Waals surface area contributed by atoms with Crippen molar-refractivity contribution >= 4 is 0 Å². The third kappa shape index (κ3) is 5.54. The number of hydrogen-bond donors (Lipinski definition) is 0. The summed E-state index contributed by atoms with van der Waals surface area (Å²) in [5.41, 5.74) is 0.543. The van der Waals surface area contributed by atoms with Gasteiger partial charge in [0.15, 0.2) is 0 Å². The summed E-state index contributed by atoms with van der Waals surface area (Å²) < 4.78 is 11.5. The SMILES string of the molecule is C=CCCC(CCC=C)C(C=C)(C=C)OCc1ccc(OC)cc1. The van der Waals surface area contributed by atoms with Crippen LogP contribution >= 0.6 is 0 Å². The van der Waals surface area contributed by atoms with Gasteiger partial charge in [-0.2, -0.15) is 0 Å². The highest BCUT2D eigenvalue weighted by atomic mass is 16.5. The molecule has 0 fully saturated rings. The first-order valence-electron chi connectivity index (χ1n) is 8.41. The van der Waals surface area contributed by atoms with Crippen molar-refractivity contribution in [2.75, 3.05) is 7.11 Å². The summed E-state index contributed by atoms with van der Waals surface area (Å²) in [6.45, 7) is 16.2. The van der Waals surface area contributed by atoms with E-state index in [1.165, 1.54) is 0 Å². The van der Waals surface area contributed by atoms with Gasteiger partial charge in [0.1, 0.15) is 11.4 Å². The first kappa shape index (κ1) is 20.0. The Labute approximate surface area is 147 Å². The van der Waals surface area contributed by atoms with Crippen LogP contribution in [0, 0.1) is 5.92 Å². The Morgan fingerprint density at radius 1 is 0.958 bits per heavy atom. The molecule has 2 nitrogen and oxygen atoms in total. The van der Waals surface area contributed by atoms with Crippen molar-refractivity contribution in [1.82, 2.24) is 0 Å². The molecule has 0 amide bonds. The molecular formula is C22H30O2. The smallest absolute Gasteiger partial charge is 0.118 e. The highest BCUT2D eigenvalue weighted by molar-refractivity contribution is 5.27. The van der Waals surface area contributed by atoms with E-state index in [-0.39, 0.29) is 0 Å². The third-order valence-electron chi connectivity index (χ3n) is 4.36. The zero-order chi connectivity index (χ0) is 17.8. The lowest BCUT2D eigenvalue weighted by molar-refractivity contribution is -0.0305. The van der Waals surface area contributed by atoms with Crippen molar-refractivity contribution in [3.8, 4) is 5.75 Å². The van der Waals surface area contributed by atoms with E-state index in [4.69, 9.17) is 9.47 Å². The van der Waals surface area contributed by atoms with Gasteiger partial charge in [-0.1, -0.05) is 49.6 Å². The number of hydrogen-bond acceptors (Lipinski definition) is 2. The van der Waals surface area contributed by atoms with E-state index in [9.17, 15) is 0 Å². The molecule has 0 saturated carbocycles. The maximum absolute atomic E-state index is 6.30. The second-order valence-electron chi connectivity index (χ2n) is 5.83. The molecule has 1 aromatic carbocycles. The first-order chi connectivity index (χ1) is 11.7. The molecule has 0 spiro atoms. The van der Waals surface area contributed by atoms with E-state index in [0.29, 0.717) is 12.5 Å². The molecule has 0 atom stereocenters. The minimum atomic E-state index is -0.550. The molecule has 1 rings (SSSR count). The fraction of sp³-hybridized carbons (Fsp3) is 0.364. The molecule has 0 bridgehead atoms. The molecule has 0 aromatic heterocycles. The zero-order valence-corrected chi connectivity index (χ0v) is 14.9. The van der Waals surface area contributed by atoms with Gasteiger partial charge in [-0.3, -0.25) is 0 Å². The van der Waals surface area contributed by atoms with Crippen LogP contribution in [0.3, 0.4) is 0 Å². The quantitative estimate of drug-likeness (QED) is 0.422. The Hall–Kier alpha value is -2.06. The normalized spacial score (nSPS) is 11.1. The van der Waals surface area contributed by atoms with Gasteiger partial charge >= 0.3 is 0 Å². The molecule has 2 heteroatoms. The second kappa shape index (κ2) is 10.7. The standard InChI is InChI=1S/C22H30O2/c1-6-10-12-20(13-11-7-2)22(8-3,9-4)24-18-19-14-16-21(23-5)17-15-19/h6-9,14-17,20H,1-4,10-13,18H2,5H3. The lowest BCUT2D eigenvalue weighted by Gasteiger charge is -2.36. The molecular weight excluding hydrogens is 296 g/mol. The second-order valence-corrected chi connectivity index (χ2v) is 5.83. The van der Waals surface area contributed by atoms with E-state index >= 15 is 0 Å². The van der Waals surface area contributed by atoms with Crippen LogP contribution in [-0.2, 0) is 11.3 Å². The summed E-state index contributed by atoms with van der Waals surface area (Å²) in [4.78, 5) is 0. The van der Waals surface area contributed by atoms with Crippen molar-refractivity contribution in [1.29, 1.82) is 0 Å². The van der Waals surface area contributed by atoms with E-state index in [1.807, 2.05) is 48.6 Å². The van der Waals surface area contributed by atoms with Crippen LogP contribution in [0.15, 0.2) is 74.9 Å². The van der Waals surface area contributed by atoms with Crippen LogP contribution in [0.5, 0.6) is 5.75 Å². The monoisotopic (exact) mass is 326 g/mol. The highest BCUT2D eigenvalue weighted by Gasteiger charge is 2.33. The summed E-state index contributed by atoms with van der Waals surface area (Å²) in [6.07, 6.45) is 11.5. The Kier molecular flexibility index (Phi) is 8.88. The molecule has 0 radical (unpaired) electrons. The largest absolute Gasteiger partial charge is 0.497 e. The van der Waals surface area contributed by atoms with Gasteiger partial charge in [0, 0.05) is 0 Å². The molecule has 0 aliphatic carbocycles. The molecule has 0 N–H and O–H groups in total. The Morgan fingerprint density at radius 2 is 1.50 bits per heavy atom. The molecule has 0 heterocycles. The molecule has 1 aromatic rings. The van der Waals surface area contributed by atoms with Gasteiger partial charge < -0.3 is 9.47 Å². The highest BCUT2D eigenvalue weighted by Crippen LogP contribution is 2.34. The molecule has 0 unspecified atom stereocenters. The summed E-state index contributed by atoms with van der Waals surface area (Å²) in [5.74, 6) is 1.13. The summed E-state index contributed by atoms with van der Waals surface area (Å²) in [7, 11) is 1.66. The van der Waals surface area contributed by atoms with Crippen LogP contribution in [0.2, 0.25) is 0 Å². The van der Waals surface area contributed by atoms with Crippen LogP contribution < -0.4 is 4.74 Å². The maximum Gasteiger partial charge on any atom is 0.118 e. The zero-order valence-electron chi connectivity index (χ0n) is 14.9. The summed E-state index contributed by atoms with van der Waals surface area (Å²) >= 11 is 0. The van der Waals surface area contributed by atoms with Gasteiger partial charge in [-0.25, -0.2) is 0 Å². The van der Waals surface area contributed by atoms with E-state index in [0.717, 1.165) is 37.0 Å². The molecule has 24 heavy (non-hydrogen) atoms. The van der Waals surface area contributed by atoms with Gasteiger partial charge in [0.05, 0.1) is 13.7 Å². The Balaban J connectivity index is 2.88. The average Bonchev–Trinajstić information content (AvgIpc) is 2.64. The number of rotatable bonds is 13. The van der Waals surface area contributed by atoms with Crippen LogP contribution in [0.4, 0.5) is 0 Å². The number of allylic oxidation sites excluding steroid dienone is 2. The Morgan fingerprint density at radius 3 is 1.92 bits per heavy atom. The van der Waals surface area contributed by atoms with Crippen molar-refractivity contribution < 1.29 is 9.47 Å². The van der Waals surface area contributed by atoms with E-state index in [1.54, 1.807) is 7.11 Å². The predicted molar refractivity (Wildman–Crippen MR) is 103 cm³/mol. The third-order valence-corrected chi connectivity index (χ3v) is 4.36. The van der Waals surface area contributed by atoms with Crippen molar-refractivity contribution in [3.05, 3.63) is 80.4 Å². The van der Waals surface area contributed by atoms with Gasteiger partial charge in [0.25, 0.3) is 0 Å². The first-order valence-corrected chi connectivity index (χ1v) is 8.41. The van der Waals surface area contributed by atoms with Crippen LogP contribution in [-0.4, -0.2) is 12.7 Å². The molecule has 0 aliphatic heterocycles. The molecule has 130 valence electrons. The predicted octanol–water partition coefficient (Wildman–Crippen LogP) is 5.87. The minimum absolute atomic E-state index is 0.293. The van der Waals surface area contributed by atoms with Crippen molar-refractivity contribution in [3.63, 3.8) is 0 Å². The minimum Gasteiger partial charge on any atom is -0.497 e. The van der Waals surface area contributed by atoms with E-state index in [2.05, 4.69) is 26.3 Å². The molecule has 0 aliphatic rings. The van der Waals surface area contributed by atoms with E-state index < -0.39 is 5.60 Å². The van der Waals surface area contributed by atoms with Crippen LogP contribution in [0.25, 0.3) is 0 Å². The number of ether oxygens (including phenoxy) is 2. The lowest BCUT2D eigenvalue weighted by atomic mass is 9.80. The summed E-state index contributed by atoms with van der Waals surface area (Å²) in [6, 6.07) is 7.90.